The highest BCUT2D eigenvalue weighted by Crippen LogP contribution is 2.25. The number of nitrogens with zero attached hydrogens (tertiary/aromatic N) is 2. The number of hydrogen-bond acceptors (Lipinski definition) is 4. The second-order valence-electron chi connectivity index (χ2n) is 4.09. The van der Waals surface area contributed by atoms with E-state index in [-0.39, 0.29) is 5.02 Å². The van der Waals surface area contributed by atoms with Crippen LogP contribution in [0.1, 0.15) is 18.2 Å². The van der Waals surface area contributed by atoms with E-state index in [4.69, 9.17) is 17.4 Å². The Morgan fingerprint density at radius 2 is 2.11 bits per heavy atom. The van der Waals surface area contributed by atoms with Crippen molar-refractivity contribution in [3.05, 3.63) is 40.3 Å². The molecule has 100 valence electrons. The minimum atomic E-state index is -0.467. The number of hydrogen-bond donors (Lipinski definition) is 2. The first kappa shape index (κ1) is 13.7. The molecule has 0 fully saturated rings. The summed E-state index contributed by atoms with van der Waals surface area (Å²) in [6, 6.07) is 4.38. The number of hydrazine groups is 1. The lowest BCUT2D eigenvalue weighted by Crippen LogP contribution is -2.13. The van der Waals surface area contributed by atoms with Gasteiger partial charge < -0.3 is 5.43 Å². The molecule has 0 unspecified atom stereocenters. The van der Waals surface area contributed by atoms with Gasteiger partial charge in [0.1, 0.15) is 11.6 Å². The first-order valence-corrected chi connectivity index (χ1v) is 6.24. The average molecular weight is 281 g/mol. The number of rotatable bonds is 3. The largest absolute Gasteiger partial charge is 0.308 e. The molecule has 0 bridgehead atoms. The summed E-state index contributed by atoms with van der Waals surface area (Å²) in [5.41, 5.74) is 4.99. The number of anilines is 1. The number of nitrogens with one attached hydrogen (secondary N) is 1. The Morgan fingerprint density at radius 3 is 2.68 bits per heavy atom. The zero-order chi connectivity index (χ0) is 14.0. The molecule has 19 heavy (non-hydrogen) atoms. The maximum Gasteiger partial charge on any atom is 0.161 e. The number of aryl methyl sites for hydroxylation is 1. The van der Waals surface area contributed by atoms with Crippen molar-refractivity contribution >= 4 is 17.4 Å². The van der Waals surface area contributed by atoms with Gasteiger partial charge >= 0.3 is 0 Å². The number of halogens is 2. The monoisotopic (exact) mass is 280 g/mol. The van der Waals surface area contributed by atoms with Gasteiger partial charge in [-0.2, -0.15) is 0 Å². The Hall–Kier alpha value is -1.72. The van der Waals surface area contributed by atoms with Gasteiger partial charge in [-0.15, -0.1) is 0 Å². The molecular weight excluding hydrogens is 267 g/mol. The molecule has 3 N–H and O–H groups in total. The lowest BCUT2D eigenvalue weighted by atomic mass is 10.1. The van der Waals surface area contributed by atoms with Crippen LogP contribution < -0.4 is 11.3 Å². The van der Waals surface area contributed by atoms with Crippen LogP contribution in [-0.4, -0.2) is 9.97 Å². The van der Waals surface area contributed by atoms with Crippen LogP contribution in [0.2, 0.25) is 5.02 Å². The molecule has 0 saturated heterocycles. The summed E-state index contributed by atoms with van der Waals surface area (Å²) in [4.78, 5) is 8.76. The predicted octanol–water partition coefficient (Wildman–Crippen LogP) is 3.09. The first-order chi connectivity index (χ1) is 9.06. The van der Waals surface area contributed by atoms with Crippen molar-refractivity contribution in [2.24, 2.45) is 5.84 Å². The van der Waals surface area contributed by atoms with Crippen molar-refractivity contribution < 1.29 is 4.39 Å². The molecule has 0 radical (unpaired) electrons. The highest BCUT2D eigenvalue weighted by Gasteiger charge is 2.11. The van der Waals surface area contributed by atoms with E-state index in [0.717, 1.165) is 17.7 Å². The quantitative estimate of drug-likeness (QED) is 0.670. The van der Waals surface area contributed by atoms with Gasteiger partial charge in [0, 0.05) is 16.8 Å². The molecule has 0 spiro atoms. The van der Waals surface area contributed by atoms with Crippen LogP contribution >= 0.6 is 11.6 Å². The van der Waals surface area contributed by atoms with E-state index >= 15 is 0 Å². The SMILES string of the molecule is CCc1nc(-c2ccc(F)c(Cl)c2)nc(NN)c1C. The van der Waals surface area contributed by atoms with E-state index in [9.17, 15) is 4.39 Å². The van der Waals surface area contributed by atoms with Gasteiger partial charge in [0.15, 0.2) is 5.82 Å². The highest BCUT2D eigenvalue weighted by atomic mass is 35.5. The van der Waals surface area contributed by atoms with Crippen LogP contribution in [-0.2, 0) is 6.42 Å². The third-order valence-electron chi connectivity index (χ3n) is 2.90. The summed E-state index contributed by atoms with van der Waals surface area (Å²) in [6.45, 7) is 3.90. The fraction of sp³-hybridized carbons (Fsp3) is 0.231. The Bertz CT molecular complexity index is 591. The topological polar surface area (TPSA) is 63.8 Å². The van der Waals surface area contributed by atoms with E-state index < -0.39 is 5.82 Å². The molecule has 1 aromatic carbocycles. The molecule has 1 aromatic heterocycles. The van der Waals surface area contributed by atoms with Gasteiger partial charge in [-0.3, -0.25) is 0 Å². The average Bonchev–Trinajstić information content (AvgIpc) is 2.42. The molecule has 2 rings (SSSR count). The maximum absolute atomic E-state index is 13.2. The van der Waals surface area contributed by atoms with Crippen molar-refractivity contribution in [1.82, 2.24) is 9.97 Å². The maximum atomic E-state index is 13.2. The van der Waals surface area contributed by atoms with E-state index in [1.54, 1.807) is 6.07 Å². The summed E-state index contributed by atoms with van der Waals surface area (Å²) < 4.78 is 13.2. The zero-order valence-corrected chi connectivity index (χ0v) is 11.4. The molecule has 0 saturated carbocycles. The van der Waals surface area contributed by atoms with Gasteiger partial charge in [0.25, 0.3) is 0 Å². The van der Waals surface area contributed by atoms with E-state index in [0.29, 0.717) is 17.2 Å². The number of nitrogens with two attached hydrogens (primary N) is 1. The molecule has 2 aromatic rings. The normalized spacial score (nSPS) is 10.6. The minimum Gasteiger partial charge on any atom is -0.308 e. The van der Waals surface area contributed by atoms with Crippen LogP contribution in [0.15, 0.2) is 18.2 Å². The number of nitrogen functional groups attached to an aromatic ring is 1. The van der Waals surface area contributed by atoms with Gasteiger partial charge in [-0.1, -0.05) is 18.5 Å². The van der Waals surface area contributed by atoms with Crippen molar-refractivity contribution in [1.29, 1.82) is 0 Å². The van der Waals surface area contributed by atoms with Crippen molar-refractivity contribution in [3.63, 3.8) is 0 Å². The van der Waals surface area contributed by atoms with Gasteiger partial charge in [-0.25, -0.2) is 20.2 Å². The Labute approximate surface area is 115 Å². The van der Waals surface area contributed by atoms with Crippen molar-refractivity contribution in [3.8, 4) is 11.4 Å². The predicted molar refractivity (Wildman–Crippen MR) is 74.4 cm³/mol. The van der Waals surface area contributed by atoms with E-state index in [2.05, 4.69) is 15.4 Å². The Kier molecular flexibility index (Phi) is 3.97. The van der Waals surface area contributed by atoms with Crippen LogP contribution in [0.4, 0.5) is 10.2 Å². The summed E-state index contributed by atoms with van der Waals surface area (Å²) in [6.07, 6.45) is 0.755. The van der Waals surface area contributed by atoms with Crippen LogP contribution in [0.3, 0.4) is 0 Å². The lowest BCUT2D eigenvalue weighted by molar-refractivity contribution is 0.628. The third kappa shape index (κ3) is 2.67. The fourth-order valence-corrected chi connectivity index (χ4v) is 1.99. The highest BCUT2D eigenvalue weighted by molar-refractivity contribution is 6.31. The summed E-state index contributed by atoms with van der Waals surface area (Å²) in [5.74, 6) is 6.01. The van der Waals surface area contributed by atoms with Gasteiger partial charge in [0.2, 0.25) is 0 Å². The summed E-state index contributed by atoms with van der Waals surface area (Å²) in [7, 11) is 0. The van der Waals surface area contributed by atoms with Crippen molar-refractivity contribution in [2.75, 3.05) is 5.43 Å². The smallest absolute Gasteiger partial charge is 0.161 e. The Balaban J connectivity index is 2.58. The van der Waals surface area contributed by atoms with E-state index in [1.165, 1.54) is 12.1 Å². The number of aromatic nitrogens is 2. The summed E-state index contributed by atoms with van der Waals surface area (Å²) >= 11 is 5.77. The molecule has 1 heterocycles. The van der Waals surface area contributed by atoms with Crippen LogP contribution in [0.25, 0.3) is 11.4 Å². The molecular formula is C13H14ClFN4. The lowest BCUT2D eigenvalue weighted by Gasteiger charge is -2.11. The van der Waals surface area contributed by atoms with Crippen molar-refractivity contribution in [2.45, 2.75) is 20.3 Å². The molecule has 0 aliphatic carbocycles. The molecule has 0 aliphatic rings. The molecule has 0 aliphatic heterocycles. The van der Waals surface area contributed by atoms with Gasteiger partial charge in [0.05, 0.1) is 5.02 Å². The molecule has 0 atom stereocenters. The zero-order valence-electron chi connectivity index (χ0n) is 10.7. The van der Waals surface area contributed by atoms with Crippen LogP contribution in [0.5, 0.6) is 0 Å². The third-order valence-corrected chi connectivity index (χ3v) is 3.19. The van der Waals surface area contributed by atoms with Gasteiger partial charge in [-0.05, 0) is 31.5 Å². The fourth-order valence-electron chi connectivity index (χ4n) is 1.81. The van der Waals surface area contributed by atoms with Crippen LogP contribution in [0, 0.1) is 12.7 Å². The molecule has 0 amide bonds. The Morgan fingerprint density at radius 1 is 1.37 bits per heavy atom. The molecule has 4 nitrogen and oxygen atoms in total. The number of benzene rings is 1. The minimum absolute atomic E-state index is 0.0435. The first-order valence-electron chi connectivity index (χ1n) is 5.86. The standard InChI is InChI=1S/C13H14ClFN4/c1-3-11-7(2)12(19-16)18-13(17-11)8-4-5-10(15)9(14)6-8/h4-6H,3,16H2,1-2H3,(H,17,18,19). The molecule has 6 heteroatoms. The summed E-state index contributed by atoms with van der Waals surface area (Å²) in [5, 5.41) is 0.0435. The second-order valence-corrected chi connectivity index (χ2v) is 4.50. The second kappa shape index (κ2) is 5.50. The van der Waals surface area contributed by atoms with E-state index in [1.807, 2.05) is 13.8 Å².